The lowest BCUT2D eigenvalue weighted by molar-refractivity contribution is -0.123. The van der Waals surface area contributed by atoms with Gasteiger partial charge in [0.05, 0.1) is 13.7 Å². The summed E-state index contributed by atoms with van der Waals surface area (Å²) in [6.45, 7) is 6.38. The zero-order valence-corrected chi connectivity index (χ0v) is 21.8. The monoisotopic (exact) mass is 574 g/mol. The van der Waals surface area contributed by atoms with Crippen molar-refractivity contribution in [1.29, 1.82) is 0 Å². The van der Waals surface area contributed by atoms with Crippen molar-refractivity contribution in [3.05, 3.63) is 58.6 Å². The molecule has 0 saturated heterocycles. The molecule has 0 spiro atoms. The molecule has 0 bridgehead atoms. The molecule has 3 N–H and O–H groups in total. The third-order valence-corrected chi connectivity index (χ3v) is 4.55. The molecule has 0 fully saturated rings. The van der Waals surface area contributed by atoms with E-state index in [-0.39, 0.29) is 36.5 Å². The Morgan fingerprint density at radius 2 is 1.78 bits per heavy atom. The topological polar surface area (TPSA) is 84.0 Å². The van der Waals surface area contributed by atoms with E-state index in [0.29, 0.717) is 24.6 Å². The zero-order valence-electron chi connectivity index (χ0n) is 18.7. The maximum Gasteiger partial charge on any atom is 0.257 e. The molecule has 32 heavy (non-hydrogen) atoms. The van der Waals surface area contributed by atoms with Crippen LogP contribution in [0, 0.1) is 0 Å². The summed E-state index contributed by atoms with van der Waals surface area (Å²) < 4.78 is 11.0. The normalized spacial score (nSPS) is 10.7. The number of benzene rings is 2. The highest BCUT2D eigenvalue weighted by molar-refractivity contribution is 14.0. The number of hydrogen-bond acceptors (Lipinski definition) is 4. The van der Waals surface area contributed by atoms with Crippen molar-refractivity contribution in [2.75, 3.05) is 33.4 Å². The van der Waals surface area contributed by atoms with Crippen molar-refractivity contribution < 1.29 is 14.3 Å². The Bertz CT molecular complexity index is 880. The number of aliphatic imine (C=N–C) groups is 1. The number of amides is 1. The molecule has 2 aromatic carbocycles. The molecule has 0 unspecified atom stereocenters. The largest absolute Gasteiger partial charge is 0.493 e. The number of rotatable bonds is 11. The summed E-state index contributed by atoms with van der Waals surface area (Å²) in [5, 5.41) is 10.0. The lowest BCUT2D eigenvalue weighted by Gasteiger charge is -2.13. The summed E-state index contributed by atoms with van der Waals surface area (Å²) in [6, 6.07) is 13.4. The SMILES string of the molecule is CCNC(=O)COc1ccc(CN=C(NCC)NCCc2cccc(Cl)c2)cc1OC.I. The molecule has 176 valence electrons. The number of carbonyl (C=O) groups is 1. The van der Waals surface area contributed by atoms with Gasteiger partial charge in [0.25, 0.3) is 5.91 Å². The molecule has 7 nitrogen and oxygen atoms in total. The van der Waals surface area contributed by atoms with Crippen LogP contribution in [-0.2, 0) is 17.8 Å². The van der Waals surface area contributed by atoms with Crippen LogP contribution in [0.5, 0.6) is 11.5 Å². The smallest absolute Gasteiger partial charge is 0.257 e. The van der Waals surface area contributed by atoms with Crippen LogP contribution in [0.1, 0.15) is 25.0 Å². The highest BCUT2D eigenvalue weighted by Crippen LogP contribution is 2.28. The van der Waals surface area contributed by atoms with Crippen LogP contribution in [0.25, 0.3) is 0 Å². The van der Waals surface area contributed by atoms with Gasteiger partial charge in [0.15, 0.2) is 24.1 Å². The van der Waals surface area contributed by atoms with Gasteiger partial charge < -0.3 is 25.4 Å². The van der Waals surface area contributed by atoms with Crippen LogP contribution in [0.15, 0.2) is 47.5 Å². The van der Waals surface area contributed by atoms with Gasteiger partial charge in [-0.05, 0) is 55.7 Å². The Hall–Kier alpha value is -2.20. The van der Waals surface area contributed by atoms with Crippen LogP contribution in [0.2, 0.25) is 5.02 Å². The minimum Gasteiger partial charge on any atom is -0.493 e. The third-order valence-electron chi connectivity index (χ3n) is 4.32. The van der Waals surface area contributed by atoms with Crippen molar-refractivity contribution in [3.63, 3.8) is 0 Å². The van der Waals surface area contributed by atoms with E-state index < -0.39 is 0 Å². The van der Waals surface area contributed by atoms with Crippen molar-refractivity contribution in [3.8, 4) is 11.5 Å². The number of nitrogens with zero attached hydrogens (tertiary/aromatic N) is 1. The summed E-state index contributed by atoms with van der Waals surface area (Å²) in [5.74, 6) is 1.65. The number of hydrogen-bond donors (Lipinski definition) is 3. The molecule has 1 amide bonds. The Kier molecular flexibility index (Phi) is 13.5. The number of nitrogens with one attached hydrogen (secondary N) is 3. The van der Waals surface area contributed by atoms with Crippen molar-refractivity contribution >= 4 is 47.4 Å². The number of guanidine groups is 1. The first kappa shape index (κ1) is 27.8. The van der Waals surface area contributed by atoms with Gasteiger partial charge in [-0.3, -0.25) is 4.79 Å². The van der Waals surface area contributed by atoms with Gasteiger partial charge >= 0.3 is 0 Å². The minimum atomic E-state index is -0.169. The van der Waals surface area contributed by atoms with E-state index in [2.05, 4.69) is 27.0 Å². The highest BCUT2D eigenvalue weighted by atomic mass is 127. The number of ether oxygens (including phenoxy) is 2. The zero-order chi connectivity index (χ0) is 22.5. The highest BCUT2D eigenvalue weighted by Gasteiger charge is 2.08. The van der Waals surface area contributed by atoms with Gasteiger partial charge in [-0.25, -0.2) is 4.99 Å². The summed E-state index contributed by atoms with van der Waals surface area (Å²) in [4.78, 5) is 16.2. The molecule has 2 rings (SSSR count). The standard InChI is InChI=1S/C23H31ClN4O3.HI/c1-4-25-22(29)16-31-20-10-9-18(14-21(20)30-3)15-28-23(26-5-2)27-12-11-17-7-6-8-19(24)13-17;/h6-10,13-14H,4-5,11-12,15-16H2,1-3H3,(H,25,29)(H2,26,27,28);1H. The second kappa shape index (κ2) is 15.6. The first-order valence-electron chi connectivity index (χ1n) is 10.4. The van der Waals surface area contributed by atoms with Crippen LogP contribution < -0.4 is 25.4 Å². The number of methoxy groups -OCH3 is 1. The number of halogens is 2. The molecule has 0 saturated carbocycles. The van der Waals surface area contributed by atoms with Crippen molar-refractivity contribution in [2.45, 2.75) is 26.8 Å². The first-order valence-corrected chi connectivity index (χ1v) is 10.8. The van der Waals surface area contributed by atoms with Gasteiger partial charge in [0.1, 0.15) is 0 Å². The fourth-order valence-corrected chi connectivity index (χ4v) is 3.06. The molecule has 0 radical (unpaired) electrons. The third kappa shape index (κ3) is 9.95. The van der Waals surface area contributed by atoms with Crippen LogP contribution >= 0.6 is 35.6 Å². The lowest BCUT2D eigenvalue weighted by atomic mass is 10.1. The van der Waals surface area contributed by atoms with Crippen LogP contribution in [0.3, 0.4) is 0 Å². The summed E-state index contributed by atoms with van der Waals surface area (Å²) in [6.07, 6.45) is 0.844. The number of likely N-dealkylation sites (N-methyl/N-ethyl adjacent to an activating group) is 1. The molecule has 0 heterocycles. The molecular formula is C23H32ClIN4O3. The molecule has 0 aliphatic rings. The van der Waals surface area contributed by atoms with Gasteiger partial charge in [-0.1, -0.05) is 29.8 Å². The minimum absolute atomic E-state index is 0. The second-order valence-corrected chi connectivity index (χ2v) is 7.17. The van der Waals surface area contributed by atoms with E-state index >= 15 is 0 Å². The number of carbonyl (C=O) groups excluding carboxylic acids is 1. The van der Waals surface area contributed by atoms with E-state index in [0.717, 1.165) is 36.1 Å². The van der Waals surface area contributed by atoms with E-state index in [9.17, 15) is 4.79 Å². The Balaban J connectivity index is 0.00000512. The Morgan fingerprint density at radius 3 is 2.47 bits per heavy atom. The molecule has 0 aliphatic heterocycles. The molecule has 2 aromatic rings. The fraction of sp³-hybridized carbons (Fsp3) is 0.391. The quantitative estimate of drug-likeness (QED) is 0.216. The maximum absolute atomic E-state index is 11.6. The summed E-state index contributed by atoms with van der Waals surface area (Å²) >= 11 is 6.04. The average Bonchev–Trinajstić information content (AvgIpc) is 2.76. The maximum atomic E-state index is 11.6. The van der Waals surface area contributed by atoms with E-state index in [1.54, 1.807) is 13.2 Å². The van der Waals surface area contributed by atoms with Crippen molar-refractivity contribution in [2.24, 2.45) is 4.99 Å². The van der Waals surface area contributed by atoms with E-state index in [1.807, 2.05) is 44.2 Å². The fourth-order valence-electron chi connectivity index (χ4n) is 2.85. The van der Waals surface area contributed by atoms with Crippen molar-refractivity contribution in [1.82, 2.24) is 16.0 Å². The molecule has 0 aromatic heterocycles. The van der Waals surface area contributed by atoms with Gasteiger partial charge in [0.2, 0.25) is 0 Å². The Morgan fingerprint density at radius 1 is 1.00 bits per heavy atom. The molecule has 0 atom stereocenters. The van der Waals surface area contributed by atoms with E-state index in [1.165, 1.54) is 5.56 Å². The summed E-state index contributed by atoms with van der Waals surface area (Å²) in [7, 11) is 1.57. The Labute approximate surface area is 212 Å². The van der Waals surface area contributed by atoms with Gasteiger partial charge in [-0.15, -0.1) is 24.0 Å². The van der Waals surface area contributed by atoms with Crippen LogP contribution in [0.4, 0.5) is 0 Å². The van der Waals surface area contributed by atoms with Crippen LogP contribution in [-0.4, -0.2) is 45.2 Å². The first-order chi connectivity index (χ1) is 15.0. The molecular weight excluding hydrogens is 543 g/mol. The second-order valence-electron chi connectivity index (χ2n) is 6.73. The summed E-state index contributed by atoms with van der Waals surface area (Å²) in [5.41, 5.74) is 2.14. The molecule has 0 aliphatic carbocycles. The molecule has 9 heteroatoms. The van der Waals surface area contributed by atoms with Gasteiger partial charge in [-0.2, -0.15) is 0 Å². The average molecular weight is 575 g/mol. The lowest BCUT2D eigenvalue weighted by Crippen LogP contribution is -2.38. The predicted molar refractivity (Wildman–Crippen MR) is 141 cm³/mol. The van der Waals surface area contributed by atoms with E-state index in [4.69, 9.17) is 21.1 Å². The predicted octanol–water partition coefficient (Wildman–Crippen LogP) is 3.78. The van der Waals surface area contributed by atoms with Gasteiger partial charge in [0, 0.05) is 24.7 Å².